The second kappa shape index (κ2) is 7.72. The van der Waals surface area contributed by atoms with Crippen molar-refractivity contribution in [2.45, 2.75) is 37.1 Å². The van der Waals surface area contributed by atoms with Crippen LogP contribution in [0.5, 0.6) is 0 Å². The third kappa shape index (κ3) is 5.20. The first kappa shape index (κ1) is 17.1. The van der Waals surface area contributed by atoms with Crippen molar-refractivity contribution < 1.29 is 13.2 Å². The lowest BCUT2D eigenvalue weighted by atomic mass is 10.3. The van der Waals surface area contributed by atoms with Crippen molar-refractivity contribution in [3.63, 3.8) is 0 Å². The summed E-state index contributed by atoms with van der Waals surface area (Å²) < 4.78 is 26.5. The second-order valence-corrected chi connectivity index (χ2v) is 7.37. The van der Waals surface area contributed by atoms with E-state index in [1.807, 2.05) is 13.8 Å². The van der Waals surface area contributed by atoms with E-state index in [4.69, 9.17) is 0 Å². The van der Waals surface area contributed by atoms with Crippen LogP contribution in [0.3, 0.4) is 0 Å². The van der Waals surface area contributed by atoms with Gasteiger partial charge in [-0.15, -0.1) is 11.3 Å². The molecule has 6 nitrogen and oxygen atoms in total. The standard InChI is InChI=1S/C12H21N3O3S2/c1-4-13-9(2)8-14-12(16)10(3)15-20(17,18)11-6-5-7-19-11/h5-7,9-10,13,15H,4,8H2,1-3H3,(H,14,16)/t9-,10?/m1/s1. The van der Waals surface area contributed by atoms with E-state index in [-0.39, 0.29) is 16.2 Å². The van der Waals surface area contributed by atoms with Gasteiger partial charge in [-0.25, -0.2) is 8.42 Å². The van der Waals surface area contributed by atoms with Crippen molar-refractivity contribution in [3.8, 4) is 0 Å². The molecule has 20 heavy (non-hydrogen) atoms. The molecule has 3 N–H and O–H groups in total. The highest BCUT2D eigenvalue weighted by molar-refractivity contribution is 7.91. The van der Waals surface area contributed by atoms with Gasteiger partial charge in [0.2, 0.25) is 5.91 Å². The molecule has 0 saturated carbocycles. The molecule has 0 aliphatic carbocycles. The quantitative estimate of drug-likeness (QED) is 0.652. The van der Waals surface area contributed by atoms with Crippen LogP contribution in [-0.2, 0) is 14.8 Å². The zero-order chi connectivity index (χ0) is 15.2. The molecule has 1 aromatic heterocycles. The summed E-state index contributed by atoms with van der Waals surface area (Å²) in [6.45, 7) is 6.73. The summed E-state index contributed by atoms with van der Waals surface area (Å²) in [5, 5.41) is 7.55. The molecule has 1 aromatic rings. The summed E-state index contributed by atoms with van der Waals surface area (Å²) in [4.78, 5) is 11.8. The smallest absolute Gasteiger partial charge is 0.250 e. The highest BCUT2D eigenvalue weighted by Crippen LogP contribution is 2.15. The van der Waals surface area contributed by atoms with Crippen LogP contribution >= 0.6 is 11.3 Å². The number of hydrogen-bond acceptors (Lipinski definition) is 5. The van der Waals surface area contributed by atoms with Crippen LogP contribution in [0, 0.1) is 0 Å². The molecule has 1 unspecified atom stereocenters. The first-order chi connectivity index (χ1) is 9.36. The Kier molecular flexibility index (Phi) is 6.60. The zero-order valence-corrected chi connectivity index (χ0v) is 13.5. The third-order valence-electron chi connectivity index (χ3n) is 2.62. The van der Waals surface area contributed by atoms with E-state index in [1.165, 1.54) is 13.0 Å². The molecule has 0 spiro atoms. The molecular formula is C12H21N3O3S2. The maximum atomic E-state index is 12.0. The van der Waals surface area contributed by atoms with Crippen molar-refractivity contribution in [1.29, 1.82) is 0 Å². The lowest BCUT2D eigenvalue weighted by molar-refractivity contribution is -0.122. The summed E-state index contributed by atoms with van der Waals surface area (Å²) in [7, 11) is -3.62. The van der Waals surface area contributed by atoms with Gasteiger partial charge >= 0.3 is 0 Å². The predicted octanol–water partition coefficient (Wildman–Crippen LogP) is 0.529. The topological polar surface area (TPSA) is 87.3 Å². The van der Waals surface area contributed by atoms with Gasteiger partial charge < -0.3 is 10.6 Å². The molecule has 0 bridgehead atoms. The van der Waals surface area contributed by atoms with Crippen molar-refractivity contribution in [1.82, 2.24) is 15.4 Å². The summed E-state index contributed by atoms with van der Waals surface area (Å²) in [5.41, 5.74) is 0. The molecule has 0 aliphatic heterocycles. The first-order valence-electron chi connectivity index (χ1n) is 6.43. The van der Waals surface area contributed by atoms with Gasteiger partial charge in [0.1, 0.15) is 4.21 Å². The second-order valence-electron chi connectivity index (χ2n) is 4.48. The zero-order valence-electron chi connectivity index (χ0n) is 11.8. The molecular weight excluding hydrogens is 298 g/mol. The van der Waals surface area contributed by atoms with Crippen molar-refractivity contribution in [2.75, 3.05) is 13.1 Å². The number of hydrogen-bond donors (Lipinski definition) is 3. The fraction of sp³-hybridized carbons (Fsp3) is 0.583. The average molecular weight is 319 g/mol. The number of rotatable bonds is 8. The molecule has 2 atom stereocenters. The van der Waals surface area contributed by atoms with E-state index in [0.717, 1.165) is 17.9 Å². The molecule has 1 heterocycles. The largest absolute Gasteiger partial charge is 0.353 e. The van der Waals surface area contributed by atoms with Crippen LogP contribution in [0.15, 0.2) is 21.7 Å². The third-order valence-corrected chi connectivity index (χ3v) is 5.56. The van der Waals surface area contributed by atoms with Crippen molar-refractivity contribution in [3.05, 3.63) is 17.5 Å². The Morgan fingerprint density at radius 3 is 2.65 bits per heavy atom. The Bertz CT molecular complexity index is 514. The van der Waals surface area contributed by atoms with Crippen LogP contribution < -0.4 is 15.4 Å². The molecule has 0 aromatic carbocycles. The number of carbonyl (C=O) groups excluding carboxylic acids is 1. The minimum absolute atomic E-state index is 0.144. The first-order valence-corrected chi connectivity index (χ1v) is 8.80. The van der Waals surface area contributed by atoms with Gasteiger partial charge in [-0.1, -0.05) is 13.0 Å². The maximum absolute atomic E-state index is 12.0. The van der Waals surface area contributed by atoms with Crippen LogP contribution in [0.4, 0.5) is 0 Å². The maximum Gasteiger partial charge on any atom is 0.250 e. The summed E-state index contributed by atoms with van der Waals surface area (Å²) in [6, 6.07) is 2.49. The molecule has 0 fully saturated rings. The fourth-order valence-electron chi connectivity index (χ4n) is 1.59. The van der Waals surface area contributed by atoms with Crippen LogP contribution in [0.25, 0.3) is 0 Å². The number of sulfonamides is 1. The number of likely N-dealkylation sites (N-methyl/N-ethyl adjacent to an activating group) is 1. The summed E-state index contributed by atoms with van der Waals surface area (Å²) in [6.07, 6.45) is 0. The Morgan fingerprint density at radius 2 is 2.10 bits per heavy atom. The van der Waals surface area contributed by atoms with E-state index >= 15 is 0 Å². The molecule has 0 radical (unpaired) electrons. The summed E-state index contributed by atoms with van der Waals surface area (Å²) in [5.74, 6) is -0.338. The van der Waals surface area contributed by atoms with E-state index in [0.29, 0.717) is 6.54 Å². The van der Waals surface area contributed by atoms with Gasteiger partial charge in [-0.3, -0.25) is 4.79 Å². The SMILES string of the molecule is CCN[C@H](C)CNC(=O)C(C)NS(=O)(=O)c1cccs1. The van der Waals surface area contributed by atoms with Crippen molar-refractivity contribution in [2.24, 2.45) is 0 Å². The van der Waals surface area contributed by atoms with E-state index in [1.54, 1.807) is 11.4 Å². The minimum atomic E-state index is -3.62. The predicted molar refractivity (Wildman–Crippen MR) is 80.3 cm³/mol. The fourth-order valence-corrected chi connectivity index (χ4v) is 3.80. The van der Waals surface area contributed by atoms with Gasteiger partial charge in [0.25, 0.3) is 10.0 Å². The summed E-state index contributed by atoms with van der Waals surface area (Å²) >= 11 is 1.12. The normalized spacial score (nSPS) is 14.8. The lowest BCUT2D eigenvalue weighted by Crippen LogP contribution is -2.47. The average Bonchev–Trinajstić information content (AvgIpc) is 2.90. The monoisotopic (exact) mass is 319 g/mol. The molecule has 114 valence electrons. The lowest BCUT2D eigenvalue weighted by Gasteiger charge is -2.17. The molecule has 0 saturated heterocycles. The molecule has 0 aliphatic rings. The molecule has 1 rings (SSSR count). The van der Waals surface area contributed by atoms with Crippen LogP contribution in [0.2, 0.25) is 0 Å². The van der Waals surface area contributed by atoms with Gasteiger partial charge in [-0.2, -0.15) is 4.72 Å². The van der Waals surface area contributed by atoms with Gasteiger partial charge in [-0.05, 0) is 31.8 Å². The Hall–Kier alpha value is -0.960. The van der Waals surface area contributed by atoms with Gasteiger partial charge in [0, 0.05) is 12.6 Å². The van der Waals surface area contributed by atoms with Crippen molar-refractivity contribution >= 4 is 27.3 Å². The Labute approximate surface area is 124 Å². The van der Waals surface area contributed by atoms with Gasteiger partial charge in [0.15, 0.2) is 0 Å². The Balaban J connectivity index is 2.50. The number of carbonyl (C=O) groups is 1. The number of thiophene rings is 1. The van der Waals surface area contributed by atoms with Gasteiger partial charge in [0.05, 0.1) is 6.04 Å². The number of nitrogens with one attached hydrogen (secondary N) is 3. The minimum Gasteiger partial charge on any atom is -0.353 e. The molecule has 1 amide bonds. The highest BCUT2D eigenvalue weighted by Gasteiger charge is 2.22. The van der Waals surface area contributed by atoms with E-state index in [2.05, 4.69) is 15.4 Å². The highest BCUT2D eigenvalue weighted by atomic mass is 32.2. The molecule has 8 heteroatoms. The van der Waals surface area contributed by atoms with Crippen LogP contribution in [0.1, 0.15) is 20.8 Å². The van der Waals surface area contributed by atoms with E-state index < -0.39 is 16.1 Å². The Morgan fingerprint density at radius 1 is 1.40 bits per heavy atom. The van der Waals surface area contributed by atoms with E-state index in [9.17, 15) is 13.2 Å². The number of amides is 1. The van der Waals surface area contributed by atoms with Crippen LogP contribution in [-0.4, -0.2) is 39.5 Å².